The Morgan fingerprint density at radius 1 is 1.48 bits per heavy atom. The van der Waals surface area contributed by atoms with E-state index < -0.39 is 6.10 Å². The van der Waals surface area contributed by atoms with Gasteiger partial charge in [0.25, 0.3) is 5.91 Å². The second-order valence-electron chi connectivity index (χ2n) is 4.63. The largest absolute Gasteiger partial charge is 0.480 e. The van der Waals surface area contributed by atoms with E-state index in [0.717, 1.165) is 11.4 Å². The van der Waals surface area contributed by atoms with Gasteiger partial charge >= 0.3 is 0 Å². The van der Waals surface area contributed by atoms with Crippen LogP contribution in [0.1, 0.15) is 18.3 Å². The molecule has 0 aliphatic rings. The van der Waals surface area contributed by atoms with Gasteiger partial charge in [0.15, 0.2) is 6.10 Å². The molecule has 1 unspecified atom stereocenters. The molecular formula is C14H15BrClN3O2. The summed E-state index contributed by atoms with van der Waals surface area (Å²) in [4.78, 5) is 12.2. The number of amides is 1. The number of H-pyrrole nitrogens is 1. The van der Waals surface area contributed by atoms with Gasteiger partial charge in [-0.2, -0.15) is 5.10 Å². The standard InChI is InChI=1S/C14H15BrClN3O2/c1-7-13(8(2)19-18-7)17-14(20)9(3)21-12-5-4-10(16)6-11(12)15/h4-6,9H,1-3H3,(H,17,20)(H,18,19). The number of ether oxygens (including phenoxy) is 1. The third-order valence-corrected chi connectivity index (χ3v) is 3.80. The van der Waals surface area contributed by atoms with Crippen molar-refractivity contribution in [2.24, 2.45) is 0 Å². The zero-order valence-electron chi connectivity index (χ0n) is 11.8. The van der Waals surface area contributed by atoms with E-state index in [9.17, 15) is 4.79 Å². The summed E-state index contributed by atoms with van der Waals surface area (Å²) < 4.78 is 6.34. The molecule has 2 rings (SSSR count). The number of carbonyl (C=O) groups excluding carboxylic acids is 1. The maximum absolute atomic E-state index is 12.2. The van der Waals surface area contributed by atoms with Crippen LogP contribution < -0.4 is 10.1 Å². The molecule has 1 heterocycles. The van der Waals surface area contributed by atoms with Crippen LogP contribution in [0.3, 0.4) is 0 Å². The zero-order valence-corrected chi connectivity index (χ0v) is 14.2. The van der Waals surface area contributed by atoms with Crippen LogP contribution in [0.4, 0.5) is 5.69 Å². The van der Waals surface area contributed by atoms with Gasteiger partial charge < -0.3 is 10.1 Å². The monoisotopic (exact) mass is 371 g/mol. The highest BCUT2D eigenvalue weighted by Crippen LogP contribution is 2.29. The molecule has 0 spiro atoms. The predicted molar refractivity (Wildman–Crippen MR) is 85.9 cm³/mol. The van der Waals surface area contributed by atoms with Crippen molar-refractivity contribution in [1.82, 2.24) is 10.2 Å². The number of halogens is 2. The Kier molecular flexibility index (Phi) is 4.90. The van der Waals surface area contributed by atoms with Crippen LogP contribution in [-0.4, -0.2) is 22.2 Å². The third-order valence-electron chi connectivity index (χ3n) is 2.94. The molecule has 0 fully saturated rings. The molecule has 0 saturated heterocycles. The van der Waals surface area contributed by atoms with Gasteiger partial charge in [0, 0.05) is 5.02 Å². The van der Waals surface area contributed by atoms with Gasteiger partial charge in [0.05, 0.1) is 21.5 Å². The average Bonchev–Trinajstić information content (AvgIpc) is 2.73. The maximum atomic E-state index is 12.2. The van der Waals surface area contributed by atoms with E-state index in [-0.39, 0.29) is 5.91 Å². The Morgan fingerprint density at radius 2 is 2.19 bits per heavy atom. The second kappa shape index (κ2) is 6.49. The van der Waals surface area contributed by atoms with Crippen LogP contribution in [-0.2, 0) is 4.79 Å². The summed E-state index contributed by atoms with van der Waals surface area (Å²) in [6.45, 7) is 5.35. The Hall–Kier alpha value is -1.53. The lowest BCUT2D eigenvalue weighted by atomic mass is 10.3. The van der Waals surface area contributed by atoms with Gasteiger partial charge in [-0.05, 0) is 54.9 Å². The van der Waals surface area contributed by atoms with Crippen molar-refractivity contribution in [2.75, 3.05) is 5.32 Å². The van der Waals surface area contributed by atoms with Crippen LogP contribution in [0, 0.1) is 13.8 Å². The van der Waals surface area contributed by atoms with Crippen LogP contribution in [0.15, 0.2) is 22.7 Å². The van der Waals surface area contributed by atoms with Crippen molar-refractivity contribution in [2.45, 2.75) is 26.9 Å². The summed E-state index contributed by atoms with van der Waals surface area (Å²) in [5.41, 5.74) is 2.23. The molecule has 0 aliphatic carbocycles. The highest BCUT2D eigenvalue weighted by molar-refractivity contribution is 9.10. The number of nitrogens with one attached hydrogen (secondary N) is 2. The SMILES string of the molecule is Cc1n[nH]c(C)c1NC(=O)C(C)Oc1ccc(Cl)cc1Br. The highest BCUT2D eigenvalue weighted by Gasteiger charge is 2.18. The Bertz CT molecular complexity index is 653. The Labute approximate surface area is 136 Å². The normalized spacial score (nSPS) is 12.0. The van der Waals surface area contributed by atoms with Crippen LogP contribution >= 0.6 is 27.5 Å². The molecule has 1 aromatic carbocycles. The number of benzene rings is 1. The van der Waals surface area contributed by atoms with Crippen LogP contribution in [0.25, 0.3) is 0 Å². The minimum Gasteiger partial charge on any atom is -0.480 e. The van der Waals surface area contributed by atoms with Gasteiger partial charge in [-0.1, -0.05) is 11.6 Å². The second-order valence-corrected chi connectivity index (χ2v) is 5.92. The smallest absolute Gasteiger partial charge is 0.265 e. The number of aryl methyl sites for hydroxylation is 2. The van der Waals surface area contributed by atoms with E-state index in [1.54, 1.807) is 25.1 Å². The van der Waals surface area contributed by atoms with Gasteiger partial charge in [-0.15, -0.1) is 0 Å². The molecular weight excluding hydrogens is 358 g/mol. The number of nitrogens with zero attached hydrogens (tertiary/aromatic N) is 1. The molecule has 0 bridgehead atoms. The number of aromatic nitrogens is 2. The Morgan fingerprint density at radius 3 is 2.76 bits per heavy atom. The molecule has 0 aliphatic heterocycles. The lowest BCUT2D eigenvalue weighted by molar-refractivity contribution is -0.122. The lowest BCUT2D eigenvalue weighted by Crippen LogP contribution is -2.30. The molecule has 2 aromatic rings. The molecule has 5 nitrogen and oxygen atoms in total. The first-order valence-electron chi connectivity index (χ1n) is 6.32. The molecule has 7 heteroatoms. The zero-order chi connectivity index (χ0) is 15.6. The van der Waals surface area contributed by atoms with Gasteiger partial charge in [-0.3, -0.25) is 9.89 Å². The topological polar surface area (TPSA) is 67.0 Å². The fraction of sp³-hybridized carbons (Fsp3) is 0.286. The molecule has 112 valence electrons. The first kappa shape index (κ1) is 15.9. The van der Waals surface area contributed by atoms with Crippen molar-refractivity contribution >= 4 is 39.1 Å². The van der Waals surface area contributed by atoms with Gasteiger partial charge in [-0.25, -0.2) is 0 Å². The number of aromatic amines is 1. The predicted octanol–water partition coefficient (Wildman–Crippen LogP) is 3.85. The summed E-state index contributed by atoms with van der Waals surface area (Å²) >= 11 is 9.22. The minimum atomic E-state index is -0.656. The van der Waals surface area contributed by atoms with Crippen molar-refractivity contribution in [1.29, 1.82) is 0 Å². The van der Waals surface area contributed by atoms with Crippen LogP contribution in [0.2, 0.25) is 5.02 Å². The summed E-state index contributed by atoms with van der Waals surface area (Å²) in [7, 11) is 0. The number of carbonyl (C=O) groups is 1. The molecule has 1 aromatic heterocycles. The van der Waals surface area contributed by atoms with Crippen LogP contribution in [0.5, 0.6) is 5.75 Å². The van der Waals surface area contributed by atoms with E-state index in [1.807, 2.05) is 13.8 Å². The molecule has 0 radical (unpaired) electrons. The summed E-state index contributed by atoms with van der Waals surface area (Å²) in [5, 5.41) is 10.3. The summed E-state index contributed by atoms with van der Waals surface area (Å²) in [6.07, 6.45) is -0.656. The van der Waals surface area contributed by atoms with E-state index in [1.165, 1.54) is 0 Å². The Balaban J connectivity index is 2.06. The van der Waals surface area contributed by atoms with E-state index in [0.29, 0.717) is 20.9 Å². The van der Waals surface area contributed by atoms with Crippen molar-refractivity contribution in [3.8, 4) is 5.75 Å². The quantitative estimate of drug-likeness (QED) is 0.856. The first-order valence-corrected chi connectivity index (χ1v) is 7.49. The van der Waals surface area contributed by atoms with Gasteiger partial charge in [0.2, 0.25) is 0 Å². The van der Waals surface area contributed by atoms with Crippen molar-refractivity contribution in [3.05, 3.63) is 39.1 Å². The fourth-order valence-electron chi connectivity index (χ4n) is 1.77. The molecule has 0 saturated carbocycles. The van der Waals surface area contributed by atoms with E-state index in [2.05, 4.69) is 31.4 Å². The maximum Gasteiger partial charge on any atom is 0.265 e. The molecule has 1 amide bonds. The van der Waals surface area contributed by atoms with Crippen molar-refractivity contribution in [3.63, 3.8) is 0 Å². The minimum absolute atomic E-state index is 0.246. The number of hydrogen-bond acceptors (Lipinski definition) is 3. The molecule has 21 heavy (non-hydrogen) atoms. The lowest BCUT2D eigenvalue weighted by Gasteiger charge is -2.16. The number of anilines is 1. The van der Waals surface area contributed by atoms with Gasteiger partial charge in [0.1, 0.15) is 5.75 Å². The third kappa shape index (κ3) is 3.77. The van der Waals surface area contributed by atoms with Crippen molar-refractivity contribution < 1.29 is 9.53 Å². The fourth-order valence-corrected chi connectivity index (χ4v) is 2.55. The first-order chi connectivity index (χ1) is 9.88. The summed E-state index contributed by atoms with van der Waals surface area (Å²) in [6, 6.07) is 5.13. The molecule has 2 N–H and O–H groups in total. The van der Waals surface area contributed by atoms with E-state index in [4.69, 9.17) is 16.3 Å². The summed E-state index contributed by atoms with van der Waals surface area (Å²) in [5.74, 6) is 0.312. The average molecular weight is 373 g/mol. The highest BCUT2D eigenvalue weighted by atomic mass is 79.9. The molecule has 1 atom stereocenters. The van der Waals surface area contributed by atoms with E-state index >= 15 is 0 Å². The number of rotatable bonds is 4. The number of hydrogen-bond donors (Lipinski definition) is 2.